The van der Waals surface area contributed by atoms with E-state index in [1.807, 2.05) is 13.0 Å². The summed E-state index contributed by atoms with van der Waals surface area (Å²) in [6, 6.07) is 12.3. The lowest BCUT2D eigenvalue weighted by molar-refractivity contribution is -0.385. The summed E-state index contributed by atoms with van der Waals surface area (Å²) in [5.41, 5.74) is 0.723. The van der Waals surface area contributed by atoms with Crippen molar-refractivity contribution in [1.82, 2.24) is 5.32 Å². The zero-order valence-electron chi connectivity index (χ0n) is 16.7. The fourth-order valence-electron chi connectivity index (χ4n) is 2.63. The molecule has 0 aliphatic heterocycles. The minimum atomic E-state index is -0.715. The lowest BCUT2D eigenvalue weighted by Gasteiger charge is -2.07. The van der Waals surface area contributed by atoms with Crippen LogP contribution in [0, 0.1) is 28.4 Å². The molecule has 30 heavy (non-hydrogen) atoms. The monoisotopic (exact) mass is 407 g/mol. The number of nitro groups is 1. The Morgan fingerprint density at radius 1 is 1.23 bits per heavy atom. The quantitative estimate of drug-likeness (QED) is 0.134. The van der Waals surface area contributed by atoms with Crippen LogP contribution in [-0.4, -0.2) is 23.3 Å². The molecule has 0 bridgehead atoms. The minimum absolute atomic E-state index is 0.0249. The number of hydrogen-bond acceptors (Lipinski definition) is 6. The molecule has 0 aliphatic carbocycles. The molecule has 0 aromatic heterocycles. The Labute approximate surface area is 173 Å². The van der Waals surface area contributed by atoms with E-state index in [9.17, 15) is 25.0 Å². The summed E-state index contributed by atoms with van der Waals surface area (Å²) >= 11 is 0. The Morgan fingerprint density at radius 3 is 2.53 bits per heavy atom. The fourth-order valence-corrected chi connectivity index (χ4v) is 2.63. The number of carbonyl (C=O) groups excluding carboxylic acids is 2. The summed E-state index contributed by atoms with van der Waals surface area (Å²) in [4.78, 5) is 34.9. The summed E-state index contributed by atoms with van der Waals surface area (Å²) in [6.45, 7) is 3.99. The third-order valence-electron chi connectivity index (χ3n) is 4.30. The number of hydrogen-bond donors (Lipinski definition) is 1. The first-order valence-corrected chi connectivity index (χ1v) is 9.33. The number of nitriles is 1. The van der Waals surface area contributed by atoms with Crippen molar-refractivity contribution >= 4 is 23.6 Å². The first-order valence-electron chi connectivity index (χ1n) is 9.33. The van der Waals surface area contributed by atoms with Crippen molar-refractivity contribution in [2.45, 2.75) is 26.7 Å². The van der Waals surface area contributed by atoms with Gasteiger partial charge in [0.15, 0.2) is 0 Å². The van der Waals surface area contributed by atoms with Gasteiger partial charge in [-0.05, 0) is 43.2 Å². The molecular formula is C22H21N3O5. The topological polar surface area (TPSA) is 122 Å². The van der Waals surface area contributed by atoms with Crippen molar-refractivity contribution in [3.8, 4) is 11.8 Å². The number of amides is 1. The van der Waals surface area contributed by atoms with Gasteiger partial charge >= 0.3 is 5.97 Å². The lowest BCUT2D eigenvalue weighted by Crippen LogP contribution is -2.25. The number of nitrogens with zero attached hydrogens (tertiary/aromatic N) is 2. The number of esters is 1. The number of ether oxygens (including phenoxy) is 1. The van der Waals surface area contributed by atoms with Gasteiger partial charge in [0, 0.05) is 18.2 Å². The Morgan fingerprint density at radius 2 is 1.93 bits per heavy atom. The highest BCUT2D eigenvalue weighted by Gasteiger charge is 2.19. The largest absolute Gasteiger partial charge is 0.423 e. The van der Waals surface area contributed by atoms with Crippen LogP contribution >= 0.6 is 0 Å². The molecule has 1 N–H and O–H groups in total. The summed E-state index contributed by atoms with van der Waals surface area (Å²) in [5.74, 6) is -0.927. The number of rotatable bonds is 8. The second-order valence-corrected chi connectivity index (χ2v) is 6.44. The van der Waals surface area contributed by atoms with Crippen LogP contribution in [0.4, 0.5) is 5.69 Å². The minimum Gasteiger partial charge on any atom is -0.423 e. The molecule has 8 heteroatoms. The first-order chi connectivity index (χ1) is 14.4. The van der Waals surface area contributed by atoms with Gasteiger partial charge in [-0.1, -0.05) is 31.5 Å². The van der Waals surface area contributed by atoms with Gasteiger partial charge in [0.05, 0.1) is 10.5 Å². The maximum absolute atomic E-state index is 12.4. The van der Waals surface area contributed by atoms with Gasteiger partial charge in [0.1, 0.15) is 17.4 Å². The van der Waals surface area contributed by atoms with Crippen LogP contribution in [0.3, 0.4) is 0 Å². The van der Waals surface area contributed by atoms with E-state index in [0.29, 0.717) is 12.1 Å². The number of benzene rings is 2. The van der Waals surface area contributed by atoms with Crippen LogP contribution in [-0.2, 0) is 4.79 Å². The van der Waals surface area contributed by atoms with E-state index in [4.69, 9.17) is 4.74 Å². The molecule has 0 fully saturated rings. The first kappa shape index (κ1) is 22.3. The third kappa shape index (κ3) is 5.75. The molecule has 0 aliphatic rings. The molecule has 0 unspecified atom stereocenters. The number of carbonyl (C=O) groups is 2. The second-order valence-electron chi connectivity index (χ2n) is 6.44. The van der Waals surface area contributed by atoms with E-state index < -0.39 is 16.8 Å². The smallest absolute Gasteiger partial charge is 0.344 e. The highest BCUT2D eigenvalue weighted by Crippen LogP contribution is 2.23. The van der Waals surface area contributed by atoms with Crippen molar-refractivity contribution < 1.29 is 19.2 Å². The van der Waals surface area contributed by atoms with Crippen LogP contribution in [0.25, 0.3) is 6.08 Å². The van der Waals surface area contributed by atoms with Crippen molar-refractivity contribution in [2.24, 2.45) is 0 Å². The molecule has 0 spiro atoms. The Bertz CT molecular complexity index is 1020. The Hall–Kier alpha value is -3.99. The van der Waals surface area contributed by atoms with Gasteiger partial charge in [-0.15, -0.1) is 0 Å². The molecule has 0 heterocycles. The van der Waals surface area contributed by atoms with Gasteiger partial charge in [0.25, 0.3) is 11.6 Å². The molecule has 2 aromatic carbocycles. The Balaban J connectivity index is 2.12. The van der Waals surface area contributed by atoms with Crippen molar-refractivity contribution in [3.63, 3.8) is 0 Å². The number of unbranched alkanes of at least 4 members (excludes halogenated alkanes) is 1. The van der Waals surface area contributed by atoms with Crippen LogP contribution in [0.15, 0.2) is 48.0 Å². The third-order valence-corrected chi connectivity index (χ3v) is 4.30. The SMILES string of the molecule is CCCCNC(=O)/C(C#N)=C/c1ccc(OC(=O)c2cccc([N+](=O)[O-])c2C)cc1. The van der Waals surface area contributed by atoms with Gasteiger partial charge in [-0.3, -0.25) is 14.9 Å². The molecule has 154 valence electrons. The van der Waals surface area contributed by atoms with Crippen molar-refractivity contribution in [1.29, 1.82) is 5.26 Å². The summed E-state index contributed by atoms with van der Waals surface area (Å²) in [6.07, 6.45) is 3.20. The van der Waals surface area contributed by atoms with E-state index >= 15 is 0 Å². The average molecular weight is 407 g/mol. The van der Waals surface area contributed by atoms with Gasteiger partial charge in [-0.25, -0.2) is 4.79 Å². The maximum Gasteiger partial charge on any atom is 0.344 e. The lowest BCUT2D eigenvalue weighted by atomic mass is 10.1. The molecule has 8 nitrogen and oxygen atoms in total. The standard InChI is InChI=1S/C22H21N3O5/c1-3-4-12-24-21(26)17(14-23)13-16-8-10-18(11-9-16)30-22(27)19-6-5-7-20(15(19)2)25(28)29/h5-11,13H,3-4,12H2,1-2H3,(H,24,26)/b17-13+. The average Bonchev–Trinajstić information content (AvgIpc) is 2.73. The molecule has 0 saturated heterocycles. The molecule has 2 aromatic rings. The number of nitro benzene ring substituents is 1. The highest BCUT2D eigenvalue weighted by atomic mass is 16.6. The second kappa shape index (κ2) is 10.5. The van der Waals surface area contributed by atoms with Crippen LogP contribution in [0.5, 0.6) is 5.75 Å². The van der Waals surface area contributed by atoms with Crippen LogP contribution in [0.1, 0.15) is 41.3 Å². The van der Waals surface area contributed by atoms with Crippen LogP contribution < -0.4 is 10.1 Å². The number of nitrogens with one attached hydrogen (secondary N) is 1. The fraction of sp³-hybridized carbons (Fsp3) is 0.227. The van der Waals surface area contributed by atoms with Gasteiger partial charge < -0.3 is 10.1 Å². The molecule has 0 atom stereocenters. The zero-order chi connectivity index (χ0) is 22.1. The van der Waals surface area contributed by atoms with Crippen LogP contribution in [0.2, 0.25) is 0 Å². The molecule has 2 rings (SSSR count). The van der Waals surface area contributed by atoms with E-state index in [0.717, 1.165) is 12.8 Å². The van der Waals surface area contributed by atoms with E-state index in [-0.39, 0.29) is 28.1 Å². The van der Waals surface area contributed by atoms with Crippen molar-refractivity contribution in [3.05, 3.63) is 74.8 Å². The van der Waals surface area contributed by atoms with Gasteiger partial charge in [0.2, 0.25) is 0 Å². The predicted molar refractivity (Wildman–Crippen MR) is 111 cm³/mol. The van der Waals surface area contributed by atoms with E-state index in [1.54, 1.807) is 12.1 Å². The summed E-state index contributed by atoms with van der Waals surface area (Å²) in [5, 5.41) is 22.9. The summed E-state index contributed by atoms with van der Waals surface area (Å²) in [7, 11) is 0. The molecule has 0 saturated carbocycles. The van der Waals surface area contributed by atoms with E-state index in [1.165, 1.54) is 43.3 Å². The van der Waals surface area contributed by atoms with Crippen molar-refractivity contribution in [2.75, 3.05) is 6.54 Å². The predicted octanol–water partition coefficient (Wildman–Crippen LogP) is 3.95. The zero-order valence-corrected chi connectivity index (χ0v) is 16.7. The molecule has 1 amide bonds. The molecule has 0 radical (unpaired) electrons. The summed E-state index contributed by atoms with van der Waals surface area (Å²) < 4.78 is 5.29. The normalized spacial score (nSPS) is 10.8. The van der Waals surface area contributed by atoms with E-state index in [2.05, 4.69) is 5.32 Å². The maximum atomic E-state index is 12.4. The van der Waals surface area contributed by atoms with Gasteiger partial charge in [-0.2, -0.15) is 5.26 Å². The molecular weight excluding hydrogens is 386 g/mol. The highest BCUT2D eigenvalue weighted by molar-refractivity contribution is 6.01. The Kier molecular flexibility index (Phi) is 7.82.